The molecule has 0 amide bonds. The van der Waals surface area contributed by atoms with Crippen LogP contribution >= 0.6 is 11.3 Å². The van der Waals surface area contributed by atoms with Gasteiger partial charge in [0.2, 0.25) is 0 Å². The van der Waals surface area contributed by atoms with Crippen molar-refractivity contribution >= 4 is 22.2 Å². The number of aryl methyl sites for hydroxylation is 2. The third-order valence-electron chi connectivity index (χ3n) is 6.79. The lowest BCUT2D eigenvalue weighted by atomic mass is 10.0. The molecule has 35 heavy (non-hydrogen) atoms. The standard InChI is InChI=1S/C26H32N6O2S/c1-4-24(25-28-29-30-32(25)15-20-7-5-9-34-20)31(16-21-8-6-10-35-21)14-19-13-22-18(3)11-17(2)12-23(22)27-26(19)33/h6,8,10-13,20,24H,4-5,7,9,14-16H2,1-3H3,(H,27,33)/t20-,24-/m1/s1. The van der Waals surface area contributed by atoms with E-state index in [9.17, 15) is 4.79 Å². The molecule has 0 radical (unpaired) electrons. The topological polar surface area (TPSA) is 88.9 Å². The Kier molecular flexibility index (Phi) is 7.08. The zero-order valence-electron chi connectivity index (χ0n) is 20.5. The summed E-state index contributed by atoms with van der Waals surface area (Å²) in [5, 5.41) is 15.9. The number of aromatic nitrogens is 5. The Bertz CT molecular complexity index is 1340. The molecule has 0 saturated carbocycles. The van der Waals surface area contributed by atoms with E-state index in [0.717, 1.165) is 59.3 Å². The smallest absolute Gasteiger partial charge is 0.252 e. The number of hydrogen-bond donors (Lipinski definition) is 1. The zero-order valence-corrected chi connectivity index (χ0v) is 21.3. The average molecular weight is 493 g/mol. The first-order chi connectivity index (χ1) is 17.0. The van der Waals surface area contributed by atoms with E-state index in [1.54, 1.807) is 11.3 Å². The molecule has 1 aliphatic rings. The van der Waals surface area contributed by atoms with Crippen LogP contribution in [0.1, 0.15) is 59.6 Å². The molecule has 9 heteroatoms. The molecule has 1 saturated heterocycles. The van der Waals surface area contributed by atoms with Gasteiger partial charge in [-0.1, -0.05) is 19.1 Å². The average Bonchev–Trinajstić information content (AvgIpc) is 3.60. The van der Waals surface area contributed by atoms with Gasteiger partial charge in [0.1, 0.15) is 0 Å². The Hall–Kier alpha value is -2.88. The lowest BCUT2D eigenvalue weighted by Crippen LogP contribution is -2.33. The van der Waals surface area contributed by atoms with Crippen molar-refractivity contribution in [2.24, 2.45) is 0 Å². The number of nitrogens with zero attached hydrogens (tertiary/aromatic N) is 5. The number of rotatable bonds is 9. The molecule has 5 rings (SSSR count). The second-order valence-electron chi connectivity index (χ2n) is 9.43. The van der Waals surface area contributed by atoms with E-state index in [1.165, 1.54) is 4.88 Å². The van der Waals surface area contributed by atoms with Crippen LogP contribution in [0.5, 0.6) is 0 Å². The van der Waals surface area contributed by atoms with E-state index in [4.69, 9.17) is 4.74 Å². The molecule has 1 aromatic carbocycles. The molecule has 8 nitrogen and oxygen atoms in total. The van der Waals surface area contributed by atoms with Gasteiger partial charge in [-0.25, -0.2) is 4.68 Å². The second kappa shape index (κ2) is 10.4. The molecule has 0 unspecified atom stereocenters. The third-order valence-corrected chi connectivity index (χ3v) is 7.65. The number of nitrogens with one attached hydrogen (secondary N) is 1. The summed E-state index contributed by atoms with van der Waals surface area (Å²) in [5.74, 6) is 0.823. The van der Waals surface area contributed by atoms with Gasteiger partial charge in [0.15, 0.2) is 5.82 Å². The van der Waals surface area contributed by atoms with Gasteiger partial charge in [-0.05, 0) is 78.2 Å². The molecule has 2 atom stereocenters. The monoisotopic (exact) mass is 492 g/mol. The summed E-state index contributed by atoms with van der Waals surface area (Å²) in [5.41, 5.74) is 3.88. The summed E-state index contributed by atoms with van der Waals surface area (Å²) >= 11 is 1.72. The van der Waals surface area contributed by atoms with Gasteiger partial charge in [-0.3, -0.25) is 9.69 Å². The molecule has 1 aliphatic heterocycles. The number of hydrogen-bond acceptors (Lipinski definition) is 7. The summed E-state index contributed by atoms with van der Waals surface area (Å²) in [6, 6.07) is 10.4. The molecular formula is C26H32N6O2S. The minimum Gasteiger partial charge on any atom is -0.376 e. The Labute approximate surface area is 208 Å². The molecule has 4 heterocycles. The van der Waals surface area contributed by atoms with Crippen LogP contribution in [0.4, 0.5) is 0 Å². The predicted octanol–water partition coefficient (Wildman–Crippen LogP) is 4.53. The number of thiophene rings is 1. The van der Waals surface area contributed by atoms with Crippen molar-refractivity contribution in [2.75, 3.05) is 6.61 Å². The highest BCUT2D eigenvalue weighted by atomic mass is 32.1. The van der Waals surface area contributed by atoms with Gasteiger partial charge in [-0.2, -0.15) is 0 Å². The van der Waals surface area contributed by atoms with E-state index in [-0.39, 0.29) is 17.7 Å². The minimum absolute atomic E-state index is 0.0392. The van der Waals surface area contributed by atoms with Crippen molar-refractivity contribution < 1.29 is 4.74 Å². The van der Waals surface area contributed by atoms with Gasteiger partial charge < -0.3 is 9.72 Å². The quantitative estimate of drug-likeness (QED) is 0.369. The van der Waals surface area contributed by atoms with Crippen LogP contribution in [-0.2, 0) is 24.4 Å². The van der Waals surface area contributed by atoms with Gasteiger partial charge in [0, 0.05) is 41.0 Å². The van der Waals surface area contributed by atoms with Crippen LogP contribution in [0.25, 0.3) is 10.9 Å². The molecule has 3 aromatic heterocycles. The molecule has 0 spiro atoms. The van der Waals surface area contributed by atoms with Gasteiger partial charge in [-0.15, -0.1) is 16.4 Å². The Balaban J connectivity index is 1.50. The van der Waals surface area contributed by atoms with Crippen molar-refractivity contribution in [3.63, 3.8) is 0 Å². The van der Waals surface area contributed by atoms with Gasteiger partial charge >= 0.3 is 0 Å². The van der Waals surface area contributed by atoms with Crippen molar-refractivity contribution in [3.05, 3.63) is 73.5 Å². The molecular weight excluding hydrogens is 460 g/mol. The first-order valence-electron chi connectivity index (χ1n) is 12.3. The maximum Gasteiger partial charge on any atom is 0.252 e. The SMILES string of the molecule is CC[C@H](c1nnnn1C[C@H]1CCCO1)N(Cc1cccs1)Cc1cc2c(C)cc(C)cc2[nH]c1=O. The van der Waals surface area contributed by atoms with E-state index in [1.807, 2.05) is 23.7 Å². The van der Waals surface area contributed by atoms with Gasteiger partial charge in [0.25, 0.3) is 5.56 Å². The molecule has 1 N–H and O–H groups in total. The van der Waals surface area contributed by atoms with E-state index in [0.29, 0.717) is 19.6 Å². The number of benzene rings is 1. The predicted molar refractivity (Wildman–Crippen MR) is 137 cm³/mol. The first kappa shape index (κ1) is 23.8. The highest BCUT2D eigenvalue weighted by Crippen LogP contribution is 2.28. The first-order valence-corrected chi connectivity index (χ1v) is 13.2. The largest absolute Gasteiger partial charge is 0.376 e. The number of pyridine rings is 1. The molecule has 0 aliphatic carbocycles. The van der Waals surface area contributed by atoms with Crippen LogP contribution in [0.15, 0.2) is 40.5 Å². The lowest BCUT2D eigenvalue weighted by molar-refractivity contribution is 0.0889. The molecule has 0 bridgehead atoms. The van der Waals surface area contributed by atoms with Crippen LogP contribution in [0.2, 0.25) is 0 Å². The minimum atomic E-state index is -0.0486. The highest BCUT2D eigenvalue weighted by molar-refractivity contribution is 7.09. The second-order valence-corrected chi connectivity index (χ2v) is 10.5. The number of ether oxygens (including phenoxy) is 1. The Morgan fingerprint density at radius 2 is 2.17 bits per heavy atom. The van der Waals surface area contributed by atoms with Crippen LogP contribution in [0.3, 0.4) is 0 Å². The lowest BCUT2D eigenvalue weighted by Gasteiger charge is -2.30. The fraction of sp³-hybridized carbons (Fsp3) is 0.462. The summed E-state index contributed by atoms with van der Waals surface area (Å²) in [6.07, 6.45) is 3.07. The van der Waals surface area contributed by atoms with Crippen LogP contribution in [-0.4, -0.2) is 42.8 Å². The van der Waals surface area contributed by atoms with E-state index >= 15 is 0 Å². The van der Waals surface area contributed by atoms with Crippen LogP contribution in [0, 0.1) is 13.8 Å². The van der Waals surface area contributed by atoms with Crippen molar-refractivity contribution in [1.29, 1.82) is 0 Å². The molecule has 4 aromatic rings. The highest BCUT2D eigenvalue weighted by Gasteiger charge is 2.28. The Morgan fingerprint density at radius 3 is 2.91 bits per heavy atom. The summed E-state index contributed by atoms with van der Waals surface area (Å²) in [4.78, 5) is 19.8. The Morgan fingerprint density at radius 1 is 1.29 bits per heavy atom. The summed E-state index contributed by atoms with van der Waals surface area (Å²) < 4.78 is 7.73. The normalized spacial score (nSPS) is 17.0. The number of aromatic amines is 1. The number of fused-ring (bicyclic) bond motifs is 1. The maximum atomic E-state index is 13.1. The third kappa shape index (κ3) is 5.22. The zero-order chi connectivity index (χ0) is 24.4. The summed E-state index contributed by atoms with van der Waals surface area (Å²) in [7, 11) is 0. The maximum absolute atomic E-state index is 13.1. The van der Waals surface area contributed by atoms with E-state index < -0.39 is 0 Å². The van der Waals surface area contributed by atoms with Crippen molar-refractivity contribution in [1.82, 2.24) is 30.1 Å². The van der Waals surface area contributed by atoms with Gasteiger partial charge in [0.05, 0.1) is 18.7 Å². The van der Waals surface area contributed by atoms with Crippen molar-refractivity contribution in [2.45, 2.75) is 71.8 Å². The number of tetrazole rings is 1. The van der Waals surface area contributed by atoms with Crippen molar-refractivity contribution in [3.8, 4) is 0 Å². The molecule has 1 fully saturated rings. The van der Waals surface area contributed by atoms with E-state index in [2.05, 4.69) is 62.8 Å². The summed E-state index contributed by atoms with van der Waals surface area (Å²) in [6.45, 7) is 8.96. The fourth-order valence-corrected chi connectivity index (χ4v) is 5.83. The fourth-order valence-electron chi connectivity index (χ4n) is 5.10. The number of H-pyrrole nitrogens is 1. The molecule has 184 valence electrons. The van der Waals surface area contributed by atoms with Crippen LogP contribution < -0.4 is 5.56 Å².